The normalized spacial score (nSPS) is 11.5. The molecule has 0 saturated heterocycles. The molecule has 2 N–H and O–H groups in total. The summed E-state index contributed by atoms with van der Waals surface area (Å²) in [7, 11) is 1.27. The van der Waals surface area contributed by atoms with Gasteiger partial charge in [-0.3, -0.25) is 4.79 Å². The van der Waals surface area contributed by atoms with Crippen molar-refractivity contribution in [2.75, 3.05) is 7.11 Å². The number of carbonyl (C=O) groups is 3. The Labute approximate surface area is 151 Å². The summed E-state index contributed by atoms with van der Waals surface area (Å²) >= 11 is 0. The summed E-state index contributed by atoms with van der Waals surface area (Å²) in [4.78, 5) is 39.1. The number of hydrogen-bond acceptors (Lipinski definition) is 5. The summed E-state index contributed by atoms with van der Waals surface area (Å²) < 4.78 is 9.92. The van der Waals surface area contributed by atoms with E-state index in [1.807, 2.05) is 30.3 Å². The second-order valence-corrected chi connectivity index (χ2v) is 5.87. The lowest BCUT2D eigenvalue weighted by Gasteiger charge is -2.13. The van der Waals surface area contributed by atoms with Crippen molar-refractivity contribution in [2.24, 2.45) is 0 Å². The number of hydrogen-bond donors (Lipinski definition) is 2. The second-order valence-electron chi connectivity index (χ2n) is 5.87. The zero-order chi connectivity index (χ0) is 19.3. The van der Waals surface area contributed by atoms with Gasteiger partial charge in [0.25, 0.3) is 5.91 Å². The highest BCUT2D eigenvalue weighted by Crippen LogP contribution is 2.20. The van der Waals surface area contributed by atoms with E-state index in [0.717, 1.165) is 5.56 Å². The lowest BCUT2D eigenvalue weighted by molar-refractivity contribution is -0.129. The Morgan fingerprint density at radius 3 is 2.38 bits per heavy atom. The lowest BCUT2D eigenvalue weighted by Crippen LogP contribution is -2.35. The van der Waals surface area contributed by atoms with Crippen LogP contribution in [0.2, 0.25) is 0 Å². The average Bonchev–Trinajstić information content (AvgIpc) is 2.94. The summed E-state index contributed by atoms with van der Waals surface area (Å²) in [5, 5.41) is 2.71. The fourth-order valence-corrected chi connectivity index (χ4v) is 2.56. The van der Waals surface area contributed by atoms with Crippen LogP contribution in [0.15, 0.2) is 30.3 Å². The molecule has 2 aromatic rings. The molecule has 1 atom stereocenters. The van der Waals surface area contributed by atoms with Crippen LogP contribution in [0.5, 0.6) is 0 Å². The lowest BCUT2D eigenvalue weighted by atomic mass is 10.1. The van der Waals surface area contributed by atoms with Gasteiger partial charge < -0.3 is 19.8 Å². The van der Waals surface area contributed by atoms with Gasteiger partial charge in [0, 0.05) is 12.2 Å². The fraction of sp³-hybridized carbons (Fsp3) is 0.316. The maximum atomic E-state index is 12.3. The van der Waals surface area contributed by atoms with E-state index < -0.39 is 23.9 Å². The molecule has 0 radical (unpaired) electrons. The predicted molar refractivity (Wildman–Crippen MR) is 94.8 cm³/mol. The molecule has 0 bridgehead atoms. The van der Waals surface area contributed by atoms with E-state index in [9.17, 15) is 14.4 Å². The number of aromatic amines is 1. The molecule has 0 unspecified atom stereocenters. The molecule has 26 heavy (non-hydrogen) atoms. The molecule has 0 spiro atoms. The van der Waals surface area contributed by atoms with Gasteiger partial charge in [-0.25, -0.2) is 9.59 Å². The standard InChI is InChI=1S/C19H22N2O5/c1-11-15(18(23)25-4)12(2)21-16(11)19(24)26-13(3)17(22)20-10-14-8-6-5-7-9-14/h5-9,13,21H,10H2,1-4H3,(H,20,22)/t13-/m1/s1. The number of ether oxygens (including phenoxy) is 2. The minimum Gasteiger partial charge on any atom is -0.465 e. The van der Waals surface area contributed by atoms with Crippen LogP contribution < -0.4 is 5.32 Å². The Balaban J connectivity index is 2.00. The molecule has 0 saturated carbocycles. The van der Waals surface area contributed by atoms with Gasteiger partial charge in [-0.15, -0.1) is 0 Å². The van der Waals surface area contributed by atoms with Gasteiger partial charge in [-0.05, 0) is 31.9 Å². The van der Waals surface area contributed by atoms with Crippen molar-refractivity contribution in [3.63, 3.8) is 0 Å². The van der Waals surface area contributed by atoms with E-state index in [-0.39, 0.29) is 5.69 Å². The largest absolute Gasteiger partial charge is 0.465 e. The molecule has 0 aliphatic carbocycles. The van der Waals surface area contributed by atoms with Gasteiger partial charge >= 0.3 is 11.9 Å². The van der Waals surface area contributed by atoms with Crippen molar-refractivity contribution < 1.29 is 23.9 Å². The molecule has 1 aromatic heterocycles. The van der Waals surface area contributed by atoms with Gasteiger partial charge in [0.2, 0.25) is 0 Å². The summed E-state index contributed by atoms with van der Waals surface area (Å²) in [6.45, 7) is 5.11. The van der Waals surface area contributed by atoms with Crippen molar-refractivity contribution in [3.8, 4) is 0 Å². The van der Waals surface area contributed by atoms with Gasteiger partial charge in [0.05, 0.1) is 12.7 Å². The molecule has 1 amide bonds. The van der Waals surface area contributed by atoms with E-state index in [4.69, 9.17) is 9.47 Å². The van der Waals surface area contributed by atoms with Crippen LogP contribution in [0.1, 0.15) is 44.6 Å². The Hall–Kier alpha value is -3.09. The first-order chi connectivity index (χ1) is 12.3. The first-order valence-electron chi connectivity index (χ1n) is 8.15. The molecule has 2 rings (SSSR count). The Bertz CT molecular complexity index is 811. The van der Waals surface area contributed by atoms with Crippen molar-refractivity contribution in [2.45, 2.75) is 33.4 Å². The van der Waals surface area contributed by atoms with Crippen LogP contribution >= 0.6 is 0 Å². The maximum Gasteiger partial charge on any atom is 0.355 e. The first-order valence-corrected chi connectivity index (χ1v) is 8.15. The Kier molecular flexibility index (Phi) is 6.16. The SMILES string of the molecule is COC(=O)c1c(C)[nH]c(C(=O)O[C@H](C)C(=O)NCc2ccccc2)c1C. The third-order valence-electron chi connectivity index (χ3n) is 3.99. The van der Waals surface area contributed by atoms with E-state index in [1.54, 1.807) is 13.8 Å². The van der Waals surface area contributed by atoms with Gasteiger partial charge in [-0.2, -0.15) is 0 Å². The number of rotatable bonds is 6. The topological polar surface area (TPSA) is 97.5 Å². The zero-order valence-electron chi connectivity index (χ0n) is 15.2. The molecule has 1 heterocycles. The van der Waals surface area contributed by atoms with Crippen LogP contribution in [0.25, 0.3) is 0 Å². The minimum atomic E-state index is -0.976. The molecular weight excluding hydrogens is 336 g/mol. The van der Waals surface area contributed by atoms with Gasteiger partial charge in [0.1, 0.15) is 5.69 Å². The number of esters is 2. The minimum absolute atomic E-state index is 0.130. The van der Waals surface area contributed by atoms with E-state index in [1.165, 1.54) is 14.0 Å². The molecule has 7 heteroatoms. The van der Waals surface area contributed by atoms with E-state index in [2.05, 4.69) is 10.3 Å². The first kappa shape index (κ1) is 19.2. The fourth-order valence-electron chi connectivity index (χ4n) is 2.56. The van der Waals surface area contributed by atoms with Crippen LogP contribution in [-0.2, 0) is 20.8 Å². The number of aromatic nitrogens is 1. The van der Waals surface area contributed by atoms with Gasteiger partial charge in [-0.1, -0.05) is 30.3 Å². The van der Waals surface area contributed by atoms with Crippen molar-refractivity contribution >= 4 is 17.8 Å². The molecular formula is C19H22N2O5. The maximum absolute atomic E-state index is 12.3. The molecule has 0 fully saturated rings. The zero-order valence-corrected chi connectivity index (χ0v) is 15.2. The highest BCUT2D eigenvalue weighted by molar-refractivity contribution is 5.99. The summed E-state index contributed by atoms with van der Waals surface area (Å²) in [5.41, 5.74) is 2.29. The molecule has 7 nitrogen and oxygen atoms in total. The van der Waals surface area contributed by atoms with Crippen LogP contribution in [0.4, 0.5) is 0 Å². The summed E-state index contributed by atoms with van der Waals surface area (Å²) in [6.07, 6.45) is -0.976. The Morgan fingerprint density at radius 2 is 1.77 bits per heavy atom. The number of nitrogens with one attached hydrogen (secondary N) is 2. The number of H-pyrrole nitrogens is 1. The van der Waals surface area contributed by atoms with Gasteiger partial charge in [0.15, 0.2) is 6.10 Å². The number of benzene rings is 1. The molecule has 0 aliphatic heterocycles. The van der Waals surface area contributed by atoms with Crippen molar-refractivity contribution in [3.05, 3.63) is 58.4 Å². The molecule has 0 aliphatic rings. The summed E-state index contributed by atoms with van der Waals surface area (Å²) in [5.74, 6) is -1.65. The summed E-state index contributed by atoms with van der Waals surface area (Å²) in [6, 6.07) is 9.41. The second kappa shape index (κ2) is 8.33. The quantitative estimate of drug-likeness (QED) is 0.772. The van der Waals surface area contributed by atoms with Crippen molar-refractivity contribution in [1.82, 2.24) is 10.3 Å². The van der Waals surface area contributed by atoms with Crippen LogP contribution in [-0.4, -0.2) is 36.0 Å². The van der Waals surface area contributed by atoms with Crippen molar-refractivity contribution in [1.29, 1.82) is 0 Å². The number of amides is 1. The molecule has 1 aromatic carbocycles. The monoisotopic (exact) mass is 358 g/mol. The highest BCUT2D eigenvalue weighted by atomic mass is 16.5. The third-order valence-corrected chi connectivity index (χ3v) is 3.99. The van der Waals surface area contributed by atoms with Crippen LogP contribution in [0.3, 0.4) is 0 Å². The van der Waals surface area contributed by atoms with Crippen LogP contribution in [0, 0.1) is 13.8 Å². The smallest absolute Gasteiger partial charge is 0.355 e. The number of carbonyl (C=O) groups excluding carboxylic acids is 3. The predicted octanol–water partition coefficient (Wildman–Crippen LogP) is 2.28. The average molecular weight is 358 g/mol. The van der Waals surface area contributed by atoms with E-state index in [0.29, 0.717) is 23.4 Å². The third kappa shape index (κ3) is 4.30. The molecule has 138 valence electrons. The highest BCUT2D eigenvalue weighted by Gasteiger charge is 2.26. The van der Waals surface area contributed by atoms with E-state index >= 15 is 0 Å². The Morgan fingerprint density at radius 1 is 1.12 bits per heavy atom. The number of methoxy groups -OCH3 is 1. The number of aryl methyl sites for hydroxylation is 1.